The molecule has 0 bridgehead atoms. The Morgan fingerprint density at radius 3 is 2.43 bits per heavy atom. The molecule has 1 aromatic rings. The average Bonchev–Trinajstić information content (AvgIpc) is 2.04. The minimum absolute atomic E-state index is 0. The first-order chi connectivity index (χ1) is 6.07. The molecule has 0 saturated heterocycles. The molecule has 0 aromatic heterocycles. The van der Waals surface area contributed by atoms with Crippen LogP contribution in [0.15, 0.2) is 12.1 Å². The zero-order valence-corrected chi connectivity index (χ0v) is 11.2. The molecule has 0 atom stereocenters. The number of carbonyl (C=O) groups excluding carboxylic acids is 1. The van der Waals surface area contributed by atoms with E-state index < -0.39 is 23.0 Å². The Labute approximate surface area is 124 Å². The van der Waals surface area contributed by atoms with E-state index in [1.54, 1.807) is 6.92 Å². The SMILES string of the molecule is CCc1ccc(O)c(C(=O)[O-])c1O.[K+]. The maximum atomic E-state index is 10.5. The number of benzene rings is 1. The Bertz CT molecular complexity index is 349. The van der Waals surface area contributed by atoms with E-state index in [0.717, 1.165) is 0 Å². The first-order valence-electron chi connectivity index (χ1n) is 3.83. The third kappa shape index (κ3) is 2.71. The van der Waals surface area contributed by atoms with Crippen molar-refractivity contribution in [3.8, 4) is 11.5 Å². The van der Waals surface area contributed by atoms with Crippen molar-refractivity contribution >= 4 is 5.97 Å². The predicted molar refractivity (Wildman–Crippen MR) is 43.5 cm³/mol. The summed E-state index contributed by atoms with van der Waals surface area (Å²) in [4.78, 5) is 10.5. The largest absolute Gasteiger partial charge is 1.00 e. The van der Waals surface area contributed by atoms with Crippen molar-refractivity contribution in [2.24, 2.45) is 0 Å². The molecule has 0 fully saturated rings. The van der Waals surface area contributed by atoms with Gasteiger partial charge in [0.1, 0.15) is 11.5 Å². The maximum absolute atomic E-state index is 10.5. The number of hydrogen-bond donors (Lipinski definition) is 2. The van der Waals surface area contributed by atoms with Gasteiger partial charge in [-0.25, -0.2) is 0 Å². The van der Waals surface area contributed by atoms with Crippen LogP contribution < -0.4 is 56.5 Å². The van der Waals surface area contributed by atoms with Crippen LogP contribution in [0.2, 0.25) is 0 Å². The van der Waals surface area contributed by atoms with Crippen molar-refractivity contribution in [1.82, 2.24) is 0 Å². The number of aryl methyl sites for hydroxylation is 1. The van der Waals surface area contributed by atoms with E-state index in [-0.39, 0.29) is 51.4 Å². The van der Waals surface area contributed by atoms with E-state index in [1.165, 1.54) is 12.1 Å². The van der Waals surface area contributed by atoms with Crippen LogP contribution in [0.5, 0.6) is 11.5 Å². The molecule has 0 saturated carbocycles. The molecule has 1 rings (SSSR count). The molecule has 0 amide bonds. The van der Waals surface area contributed by atoms with Crippen molar-refractivity contribution in [2.45, 2.75) is 13.3 Å². The fourth-order valence-corrected chi connectivity index (χ4v) is 1.11. The van der Waals surface area contributed by atoms with Gasteiger partial charge in [0.05, 0.1) is 11.5 Å². The minimum Gasteiger partial charge on any atom is -0.545 e. The number of aromatic carboxylic acids is 1. The van der Waals surface area contributed by atoms with Crippen LogP contribution in [0.1, 0.15) is 22.8 Å². The molecule has 2 N–H and O–H groups in total. The summed E-state index contributed by atoms with van der Waals surface area (Å²) in [6.45, 7) is 1.77. The zero-order valence-electron chi connectivity index (χ0n) is 8.07. The molecule has 0 aliphatic heterocycles. The molecular weight excluding hydrogens is 211 g/mol. The van der Waals surface area contributed by atoms with Crippen LogP contribution in [0.4, 0.5) is 0 Å². The van der Waals surface area contributed by atoms with Gasteiger partial charge in [0.15, 0.2) is 0 Å². The van der Waals surface area contributed by atoms with Gasteiger partial charge in [-0.15, -0.1) is 0 Å². The number of hydrogen-bond acceptors (Lipinski definition) is 4. The van der Waals surface area contributed by atoms with E-state index in [1.807, 2.05) is 0 Å². The zero-order chi connectivity index (χ0) is 10.0. The normalized spacial score (nSPS) is 9.21. The number of carbonyl (C=O) groups is 1. The predicted octanol–water partition coefficient (Wildman–Crippen LogP) is -2.97. The third-order valence-corrected chi connectivity index (χ3v) is 1.82. The summed E-state index contributed by atoms with van der Waals surface area (Å²) in [7, 11) is 0. The summed E-state index contributed by atoms with van der Waals surface area (Å²) in [6, 6.07) is 2.70. The standard InChI is InChI=1S/C9H10O4.K/c1-2-5-3-4-6(10)7(8(5)11)9(12)13;/h3-4,10-11H,2H2,1H3,(H,12,13);/q;+1/p-1. The third-order valence-electron chi connectivity index (χ3n) is 1.82. The Hall–Kier alpha value is -0.0736. The van der Waals surface area contributed by atoms with Gasteiger partial charge in [-0.2, -0.15) is 0 Å². The molecule has 5 heteroatoms. The van der Waals surface area contributed by atoms with Crippen LogP contribution in [-0.4, -0.2) is 16.2 Å². The fraction of sp³-hybridized carbons (Fsp3) is 0.222. The molecule has 0 spiro atoms. The quantitative estimate of drug-likeness (QED) is 0.521. The summed E-state index contributed by atoms with van der Waals surface area (Å²) in [5.74, 6) is -2.47. The maximum Gasteiger partial charge on any atom is 1.00 e. The van der Waals surface area contributed by atoms with Crippen LogP contribution >= 0.6 is 0 Å². The van der Waals surface area contributed by atoms with Gasteiger partial charge in [0, 0.05) is 0 Å². The topological polar surface area (TPSA) is 80.6 Å². The van der Waals surface area contributed by atoms with Crippen molar-refractivity contribution < 1.29 is 71.5 Å². The van der Waals surface area contributed by atoms with Gasteiger partial charge < -0.3 is 20.1 Å². The number of rotatable bonds is 2. The summed E-state index contributed by atoms with van der Waals surface area (Å²) in [5.41, 5.74) is -0.0728. The first kappa shape index (κ1) is 13.9. The molecule has 0 aliphatic carbocycles. The Morgan fingerprint density at radius 1 is 1.43 bits per heavy atom. The second-order valence-corrected chi connectivity index (χ2v) is 2.61. The van der Waals surface area contributed by atoms with Gasteiger partial charge >= 0.3 is 51.4 Å². The molecule has 1 aromatic carbocycles. The van der Waals surface area contributed by atoms with E-state index in [9.17, 15) is 15.0 Å². The fourth-order valence-electron chi connectivity index (χ4n) is 1.11. The smallest absolute Gasteiger partial charge is 0.545 e. The summed E-state index contributed by atoms with van der Waals surface area (Å²) >= 11 is 0. The van der Waals surface area contributed by atoms with Crippen molar-refractivity contribution in [1.29, 1.82) is 0 Å². The van der Waals surface area contributed by atoms with Crippen LogP contribution in [-0.2, 0) is 6.42 Å². The number of aromatic hydroxyl groups is 2. The molecule has 70 valence electrons. The summed E-state index contributed by atoms with van der Waals surface area (Å²) in [6.07, 6.45) is 0.492. The average molecular weight is 220 g/mol. The van der Waals surface area contributed by atoms with Crippen molar-refractivity contribution in [3.63, 3.8) is 0 Å². The van der Waals surface area contributed by atoms with Crippen molar-refractivity contribution in [2.75, 3.05) is 0 Å². The monoisotopic (exact) mass is 220 g/mol. The van der Waals surface area contributed by atoms with Gasteiger partial charge in [0.25, 0.3) is 0 Å². The van der Waals surface area contributed by atoms with Crippen LogP contribution in [0.3, 0.4) is 0 Å². The molecule has 0 heterocycles. The molecule has 4 nitrogen and oxygen atoms in total. The number of carboxylic acids is 1. The van der Waals surface area contributed by atoms with Crippen LogP contribution in [0.25, 0.3) is 0 Å². The molecule has 0 aliphatic rings. The Morgan fingerprint density at radius 2 is 2.00 bits per heavy atom. The van der Waals surface area contributed by atoms with Gasteiger partial charge in [-0.3, -0.25) is 0 Å². The summed E-state index contributed by atoms with van der Waals surface area (Å²) < 4.78 is 0. The molecule has 14 heavy (non-hydrogen) atoms. The van der Waals surface area contributed by atoms with Gasteiger partial charge in [-0.1, -0.05) is 13.0 Å². The molecular formula is C9H9KO4. The molecule has 0 radical (unpaired) electrons. The first-order valence-corrected chi connectivity index (χ1v) is 3.83. The van der Waals surface area contributed by atoms with Crippen molar-refractivity contribution in [3.05, 3.63) is 23.3 Å². The second-order valence-electron chi connectivity index (χ2n) is 2.61. The van der Waals surface area contributed by atoms with E-state index in [0.29, 0.717) is 12.0 Å². The van der Waals surface area contributed by atoms with E-state index in [2.05, 4.69) is 0 Å². The van der Waals surface area contributed by atoms with Gasteiger partial charge in [-0.05, 0) is 18.1 Å². The number of phenols is 2. The van der Waals surface area contributed by atoms with Crippen LogP contribution in [0, 0.1) is 0 Å². The van der Waals surface area contributed by atoms with E-state index >= 15 is 0 Å². The molecule has 0 unspecified atom stereocenters. The Kier molecular flexibility index (Phi) is 5.69. The van der Waals surface area contributed by atoms with E-state index in [4.69, 9.17) is 5.11 Å². The Balaban J connectivity index is 0.00000169. The second kappa shape index (κ2) is 5.72. The van der Waals surface area contributed by atoms with Gasteiger partial charge in [0.2, 0.25) is 0 Å². The summed E-state index contributed by atoms with van der Waals surface area (Å²) in [5, 5.41) is 28.9. The minimum atomic E-state index is -1.58. The number of carboxylic acid groups (broad SMARTS) is 1.